The molecule has 6 nitrogen and oxygen atoms in total. The van der Waals surface area contributed by atoms with E-state index in [0.29, 0.717) is 0 Å². The van der Waals surface area contributed by atoms with Crippen LogP contribution in [0.3, 0.4) is 0 Å². The SMILES string of the molecule is Cc1ccc(C)c(-n2cc(CNCCSc3cn[nH]n3)c(-c3ccccc3)n2)c1. The monoisotopic (exact) mass is 404 g/mol. The van der Waals surface area contributed by atoms with Gasteiger partial charge in [0.15, 0.2) is 0 Å². The number of hydrogen-bond acceptors (Lipinski definition) is 5. The van der Waals surface area contributed by atoms with Crippen molar-refractivity contribution < 1.29 is 0 Å². The average molecular weight is 405 g/mol. The molecule has 0 aliphatic rings. The maximum Gasteiger partial charge on any atom is 0.138 e. The molecule has 0 amide bonds. The summed E-state index contributed by atoms with van der Waals surface area (Å²) >= 11 is 1.68. The number of benzene rings is 2. The number of aromatic nitrogens is 5. The van der Waals surface area contributed by atoms with Gasteiger partial charge in [-0.3, -0.25) is 0 Å². The lowest BCUT2D eigenvalue weighted by atomic mass is 10.1. The molecule has 7 heteroatoms. The summed E-state index contributed by atoms with van der Waals surface area (Å²) in [5.74, 6) is 0.929. The van der Waals surface area contributed by atoms with Crippen LogP contribution in [0.15, 0.2) is 66.0 Å². The van der Waals surface area contributed by atoms with Gasteiger partial charge in [0, 0.05) is 36.2 Å². The number of aryl methyl sites for hydroxylation is 2. The predicted octanol–water partition coefficient (Wildman–Crippen LogP) is 4.16. The van der Waals surface area contributed by atoms with Crippen LogP contribution < -0.4 is 5.32 Å². The molecular formula is C22H24N6S. The normalized spacial score (nSPS) is 11.1. The molecule has 0 saturated carbocycles. The van der Waals surface area contributed by atoms with Gasteiger partial charge in [0.25, 0.3) is 0 Å². The third-order valence-electron chi connectivity index (χ3n) is 4.69. The number of rotatable bonds is 8. The van der Waals surface area contributed by atoms with Crippen molar-refractivity contribution in [3.8, 4) is 16.9 Å². The summed E-state index contributed by atoms with van der Waals surface area (Å²) in [5, 5.41) is 19.9. The van der Waals surface area contributed by atoms with Gasteiger partial charge >= 0.3 is 0 Å². The average Bonchev–Trinajstić information content (AvgIpc) is 3.40. The molecule has 2 aromatic heterocycles. The first kappa shape index (κ1) is 19.4. The van der Waals surface area contributed by atoms with Crippen LogP contribution in [0.1, 0.15) is 16.7 Å². The van der Waals surface area contributed by atoms with E-state index < -0.39 is 0 Å². The Hall–Kier alpha value is -2.90. The Labute approximate surface area is 174 Å². The molecule has 0 radical (unpaired) electrons. The van der Waals surface area contributed by atoms with Crippen LogP contribution >= 0.6 is 11.8 Å². The highest BCUT2D eigenvalue weighted by Gasteiger charge is 2.13. The number of nitrogens with one attached hydrogen (secondary N) is 2. The van der Waals surface area contributed by atoms with Gasteiger partial charge in [-0.25, -0.2) is 4.68 Å². The van der Waals surface area contributed by atoms with Crippen LogP contribution in [0, 0.1) is 13.8 Å². The number of H-pyrrole nitrogens is 1. The lowest BCUT2D eigenvalue weighted by Crippen LogP contribution is -2.16. The van der Waals surface area contributed by atoms with Crippen molar-refractivity contribution in [3.63, 3.8) is 0 Å². The first-order valence-electron chi connectivity index (χ1n) is 9.61. The number of nitrogens with zero attached hydrogens (tertiary/aromatic N) is 4. The van der Waals surface area contributed by atoms with E-state index in [1.807, 2.05) is 10.7 Å². The maximum absolute atomic E-state index is 4.94. The Morgan fingerprint density at radius 3 is 2.76 bits per heavy atom. The molecule has 0 spiro atoms. The molecular weight excluding hydrogens is 380 g/mol. The number of aromatic amines is 1. The van der Waals surface area contributed by atoms with Gasteiger partial charge in [-0.05, 0) is 31.0 Å². The molecule has 4 aromatic rings. The highest BCUT2D eigenvalue weighted by molar-refractivity contribution is 7.99. The number of thioether (sulfide) groups is 1. The molecule has 2 heterocycles. The van der Waals surface area contributed by atoms with Crippen molar-refractivity contribution in [2.24, 2.45) is 0 Å². The summed E-state index contributed by atoms with van der Waals surface area (Å²) in [6, 6.07) is 16.8. The van der Waals surface area contributed by atoms with Crippen LogP contribution in [0.4, 0.5) is 0 Å². The minimum atomic E-state index is 0.758. The Bertz CT molecular complexity index is 1060. The van der Waals surface area contributed by atoms with E-state index in [1.165, 1.54) is 16.7 Å². The third-order valence-corrected chi connectivity index (χ3v) is 5.59. The summed E-state index contributed by atoms with van der Waals surface area (Å²) in [4.78, 5) is 0. The van der Waals surface area contributed by atoms with Crippen molar-refractivity contribution in [3.05, 3.63) is 77.6 Å². The van der Waals surface area contributed by atoms with Gasteiger partial charge in [0.1, 0.15) is 5.03 Å². The Balaban J connectivity index is 1.53. The molecule has 0 atom stereocenters. The lowest BCUT2D eigenvalue weighted by molar-refractivity contribution is 0.732. The van der Waals surface area contributed by atoms with Gasteiger partial charge < -0.3 is 5.32 Å². The second-order valence-electron chi connectivity index (χ2n) is 6.94. The minimum absolute atomic E-state index is 0.758. The van der Waals surface area contributed by atoms with Crippen LogP contribution in [0.25, 0.3) is 16.9 Å². The van der Waals surface area contributed by atoms with E-state index in [4.69, 9.17) is 5.10 Å². The van der Waals surface area contributed by atoms with Crippen LogP contribution in [-0.4, -0.2) is 37.5 Å². The molecule has 0 fully saturated rings. The lowest BCUT2D eigenvalue weighted by Gasteiger charge is -2.06. The fraction of sp³-hybridized carbons (Fsp3) is 0.227. The first-order valence-corrected chi connectivity index (χ1v) is 10.6. The van der Waals surface area contributed by atoms with Gasteiger partial charge in [-0.15, -0.1) is 16.9 Å². The summed E-state index contributed by atoms with van der Waals surface area (Å²) in [6.45, 7) is 5.87. The molecule has 0 saturated heterocycles. The zero-order valence-electron chi connectivity index (χ0n) is 16.6. The summed E-state index contributed by atoms with van der Waals surface area (Å²) in [6.07, 6.45) is 3.88. The molecule has 4 rings (SSSR count). The van der Waals surface area contributed by atoms with E-state index in [-0.39, 0.29) is 0 Å². The summed E-state index contributed by atoms with van der Waals surface area (Å²) in [7, 11) is 0. The topological polar surface area (TPSA) is 71.4 Å². The summed E-state index contributed by atoms with van der Waals surface area (Å²) < 4.78 is 2.01. The second-order valence-corrected chi connectivity index (χ2v) is 8.05. The Kier molecular flexibility index (Phi) is 6.07. The van der Waals surface area contributed by atoms with Gasteiger partial charge in [0.05, 0.1) is 17.6 Å². The second kappa shape index (κ2) is 9.07. The van der Waals surface area contributed by atoms with E-state index in [2.05, 4.69) is 83.2 Å². The zero-order chi connectivity index (χ0) is 20.1. The molecule has 0 aliphatic heterocycles. The highest BCUT2D eigenvalue weighted by Crippen LogP contribution is 2.25. The number of hydrogen-bond donors (Lipinski definition) is 2. The zero-order valence-corrected chi connectivity index (χ0v) is 17.4. The summed E-state index contributed by atoms with van der Waals surface area (Å²) in [5.41, 5.74) is 6.89. The van der Waals surface area contributed by atoms with E-state index in [1.54, 1.807) is 18.0 Å². The van der Waals surface area contributed by atoms with E-state index >= 15 is 0 Å². The fourth-order valence-electron chi connectivity index (χ4n) is 3.18. The third kappa shape index (κ3) is 4.75. The fourth-order valence-corrected chi connectivity index (χ4v) is 3.87. The van der Waals surface area contributed by atoms with Crippen molar-refractivity contribution in [2.45, 2.75) is 25.4 Å². The minimum Gasteiger partial charge on any atom is -0.312 e. The van der Waals surface area contributed by atoms with Crippen molar-refractivity contribution >= 4 is 11.8 Å². The van der Waals surface area contributed by atoms with Crippen molar-refractivity contribution in [2.75, 3.05) is 12.3 Å². The maximum atomic E-state index is 4.94. The van der Waals surface area contributed by atoms with Crippen molar-refractivity contribution in [1.29, 1.82) is 0 Å². The van der Waals surface area contributed by atoms with Crippen LogP contribution in [-0.2, 0) is 6.54 Å². The Morgan fingerprint density at radius 2 is 1.97 bits per heavy atom. The largest absolute Gasteiger partial charge is 0.312 e. The highest BCUT2D eigenvalue weighted by atomic mass is 32.2. The van der Waals surface area contributed by atoms with Gasteiger partial charge in [-0.2, -0.15) is 15.4 Å². The van der Waals surface area contributed by atoms with Gasteiger partial charge in [0.2, 0.25) is 0 Å². The van der Waals surface area contributed by atoms with Crippen LogP contribution in [0.5, 0.6) is 0 Å². The molecule has 2 N–H and O–H groups in total. The molecule has 0 unspecified atom stereocenters. The predicted molar refractivity (Wildman–Crippen MR) is 117 cm³/mol. The van der Waals surface area contributed by atoms with E-state index in [0.717, 1.165) is 40.8 Å². The Morgan fingerprint density at radius 1 is 1.10 bits per heavy atom. The molecule has 0 aliphatic carbocycles. The van der Waals surface area contributed by atoms with Crippen LogP contribution in [0.2, 0.25) is 0 Å². The van der Waals surface area contributed by atoms with Crippen molar-refractivity contribution in [1.82, 2.24) is 30.5 Å². The first-order chi connectivity index (χ1) is 14.2. The molecule has 29 heavy (non-hydrogen) atoms. The van der Waals surface area contributed by atoms with Gasteiger partial charge in [-0.1, -0.05) is 42.5 Å². The molecule has 2 aromatic carbocycles. The van der Waals surface area contributed by atoms with E-state index in [9.17, 15) is 0 Å². The molecule has 148 valence electrons. The quantitative estimate of drug-likeness (QED) is 0.341. The molecule has 0 bridgehead atoms. The standard InChI is InChI=1S/C22H24N6S/c1-16-8-9-17(2)20(12-16)28-15-19(22(26-28)18-6-4-3-5-7-18)13-23-10-11-29-21-14-24-27-25-21/h3-9,12,14-15,23H,10-11,13H2,1-2H3,(H,24,25,27). The smallest absolute Gasteiger partial charge is 0.138 e.